The summed E-state index contributed by atoms with van der Waals surface area (Å²) in [5.41, 5.74) is 2.63. The third kappa shape index (κ3) is 6.63. The van der Waals surface area contributed by atoms with Crippen molar-refractivity contribution in [1.29, 1.82) is 0 Å². The van der Waals surface area contributed by atoms with Gasteiger partial charge in [0.15, 0.2) is 0 Å². The summed E-state index contributed by atoms with van der Waals surface area (Å²) in [7, 11) is 0. The Morgan fingerprint density at radius 3 is 2.42 bits per heavy atom. The molecule has 0 amide bonds. The summed E-state index contributed by atoms with van der Waals surface area (Å²) < 4.78 is 26.9. The largest absolute Gasteiger partial charge is 0.439 e. The second-order valence-corrected chi connectivity index (χ2v) is 8.17. The molecule has 33 heavy (non-hydrogen) atoms. The first kappa shape index (κ1) is 24.9. The van der Waals surface area contributed by atoms with Crippen molar-refractivity contribution in [3.63, 3.8) is 0 Å². The number of aliphatic hydroxyl groups excluding tert-OH is 1. The lowest BCUT2D eigenvalue weighted by Crippen LogP contribution is -2.40. The quantitative estimate of drug-likeness (QED) is 0.411. The van der Waals surface area contributed by atoms with E-state index in [0.717, 1.165) is 23.4 Å². The molecule has 0 saturated carbocycles. The van der Waals surface area contributed by atoms with Gasteiger partial charge < -0.3 is 14.6 Å². The number of aromatic nitrogens is 2. The van der Waals surface area contributed by atoms with Gasteiger partial charge in [-0.05, 0) is 63.6 Å². The topological polar surface area (TPSA) is 59.8 Å². The molecule has 0 radical (unpaired) electrons. The van der Waals surface area contributed by atoms with E-state index in [4.69, 9.17) is 14.6 Å². The van der Waals surface area contributed by atoms with Crippen LogP contribution in [0.4, 0.5) is 4.39 Å². The number of hydrogen-bond donors (Lipinski definition) is 1. The summed E-state index contributed by atoms with van der Waals surface area (Å²) in [5, 5.41) is 15.3. The molecule has 3 aromatic rings. The summed E-state index contributed by atoms with van der Waals surface area (Å²) in [6.07, 6.45) is 0.339. The fourth-order valence-electron chi connectivity index (χ4n) is 3.62. The van der Waals surface area contributed by atoms with E-state index in [9.17, 15) is 9.50 Å². The number of halogens is 1. The van der Waals surface area contributed by atoms with Crippen LogP contribution < -0.4 is 4.74 Å². The van der Waals surface area contributed by atoms with Crippen LogP contribution in [0.3, 0.4) is 0 Å². The zero-order valence-electron chi connectivity index (χ0n) is 19.9. The summed E-state index contributed by atoms with van der Waals surface area (Å²) in [6.45, 7) is 10.0. The molecule has 2 aromatic carbocycles. The minimum Gasteiger partial charge on any atom is -0.439 e. The molecular weight excluding hydrogens is 421 g/mol. The van der Waals surface area contributed by atoms with E-state index in [2.05, 4.69) is 18.7 Å². The zero-order valence-corrected chi connectivity index (χ0v) is 19.9. The molecule has 0 fully saturated rings. The minimum atomic E-state index is -0.593. The predicted octanol–water partition coefficient (Wildman–Crippen LogP) is 5.11. The summed E-state index contributed by atoms with van der Waals surface area (Å²) in [6, 6.07) is 16.0. The van der Waals surface area contributed by atoms with Crippen LogP contribution in [0.2, 0.25) is 0 Å². The molecule has 0 saturated heterocycles. The lowest BCUT2D eigenvalue weighted by Gasteiger charge is -2.30. The maximum Gasteiger partial charge on any atom is 0.227 e. The fourth-order valence-corrected chi connectivity index (χ4v) is 3.62. The molecule has 178 valence electrons. The molecule has 1 heterocycles. The average molecular weight is 456 g/mol. The Morgan fingerprint density at radius 2 is 1.79 bits per heavy atom. The van der Waals surface area contributed by atoms with E-state index in [1.54, 1.807) is 16.8 Å². The highest BCUT2D eigenvalue weighted by atomic mass is 19.1. The van der Waals surface area contributed by atoms with Crippen molar-refractivity contribution < 1.29 is 19.0 Å². The van der Waals surface area contributed by atoms with Crippen LogP contribution in [-0.4, -0.2) is 51.7 Å². The van der Waals surface area contributed by atoms with Gasteiger partial charge in [0.25, 0.3) is 0 Å². The maximum atomic E-state index is 13.4. The summed E-state index contributed by atoms with van der Waals surface area (Å²) in [5.74, 6) is 0.792. The molecule has 3 rings (SSSR count). The summed E-state index contributed by atoms with van der Waals surface area (Å²) in [4.78, 5) is 2.22. The first-order valence-electron chi connectivity index (χ1n) is 11.5. The van der Waals surface area contributed by atoms with Crippen molar-refractivity contribution in [2.24, 2.45) is 0 Å². The second-order valence-electron chi connectivity index (χ2n) is 8.17. The normalized spacial score (nSPS) is 13.3. The third-order valence-corrected chi connectivity index (χ3v) is 5.70. The first-order valence-corrected chi connectivity index (χ1v) is 11.5. The highest BCUT2D eigenvalue weighted by Crippen LogP contribution is 2.32. The van der Waals surface area contributed by atoms with Crippen molar-refractivity contribution in [2.45, 2.75) is 52.8 Å². The van der Waals surface area contributed by atoms with Gasteiger partial charge >= 0.3 is 0 Å². The van der Waals surface area contributed by atoms with Gasteiger partial charge in [-0.1, -0.05) is 25.1 Å². The second kappa shape index (κ2) is 11.9. The van der Waals surface area contributed by atoms with Crippen LogP contribution in [0.1, 0.15) is 38.4 Å². The number of aryl methyl sites for hydroxylation is 1. The number of nitrogens with zero attached hydrogens (tertiary/aromatic N) is 3. The van der Waals surface area contributed by atoms with Crippen LogP contribution in [0, 0.1) is 12.7 Å². The van der Waals surface area contributed by atoms with E-state index >= 15 is 0 Å². The number of para-hydroxylation sites is 1. The van der Waals surface area contributed by atoms with E-state index in [1.165, 1.54) is 12.1 Å². The van der Waals surface area contributed by atoms with Crippen molar-refractivity contribution in [2.75, 3.05) is 19.8 Å². The van der Waals surface area contributed by atoms with Crippen LogP contribution in [-0.2, 0) is 11.3 Å². The highest BCUT2D eigenvalue weighted by Gasteiger charge is 2.24. The van der Waals surface area contributed by atoms with Gasteiger partial charge in [0.2, 0.25) is 5.88 Å². The Hall–Kier alpha value is -2.74. The molecule has 0 bridgehead atoms. The van der Waals surface area contributed by atoms with Gasteiger partial charge in [0.05, 0.1) is 29.7 Å². The Labute approximate surface area is 195 Å². The van der Waals surface area contributed by atoms with Gasteiger partial charge in [-0.2, -0.15) is 5.10 Å². The zero-order chi connectivity index (χ0) is 23.8. The maximum absolute atomic E-state index is 13.4. The lowest BCUT2D eigenvalue weighted by molar-refractivity contribution is 0.0111. The highest BCUT2D eigenvalue weighted by molar-refractivity contribution is 5.43. The fraction of sp³-hybridized carbons (Fsp3) is 0.423. The van der Waals surface area contributed by atoms with Crippen molar-refractivity contribution in [3.05, 3.63) is 71.7 Å². The van der Waals surface area contributed by atoms with Crippen LogP contribution in [0.15, 0.2) is 54.6 Å². The average Bonchev–Trinajstić information content (AvgIpc) is 3.13. The molecule has 0 aliphatic heterocycles. The minimum absolute atomic E-state index is 0.236. The van der Waals surface area contributed by atoms with Crippen LogP contribution >= 0.6 is 0 Å². The molecule has 7 heteroatoms. The number of hydrogen-bond acceptors (Lipinski definition) is 5. The van der Waals surface area contributed by atoms with E-state index in [1.807, 2.05) is 44.2 Å². The monoisotopic (exact) mass is 455 g/mol. The summed E-state index contributed by atoms with van der Waals surface area (Å²) >= 11 is 0. The molecule has 0 unspecified atom stereocenters. The van der Waals surface area contributed by atoms with Crippen molar-refractivity contribution in [3.8, 4) is 17.3 Å². The molecule has 2 atom stereocenters. The Kier molecular flexibility index (Phi) is 9.00. The molecular formula is C26H34FN3O3. The Morgan fingerprint density at radius 1 is 1.09 bits per heavy atom. The molecule has 0 spiro atoms. The number of aliphatic hydroxyl groups is 1. The molecule has 1 aromatic heterocycles. The smallest absolute Gasteiger partial charge is 0.227 e. The van der Waals surface area contributed by atoms with Crippen molar-refractivity contribution >= 4 is 0 Å². The third-order valence-electron chi connectivity index (χ3n) is 5.70. The Bertz CT molecular complexity index is 992. The van der Waals surface area contributed by atoms with Gasteiger partial charge in [0, 0.05) is 25.7 Å². The van der Waals surface area contributed by atoms with Crippen LogP contribution in [0.5, 0.6) is 11.6 Å². The number of ether oxygens (including phenoxy) is 2. The van der Waals surface area contributed by atoms with E-state index < -0.39 is 6.10 Å². The first-order chi connectivity index (χ1) is 15.9. The van der Waals surface area contributed by atoms with Gasteiger partial charge in [-0.15, -0.1) is 0 Å². The number of rotatable bonds is 12. The Balaban J connectivity index is 1.97. The molecule has 1 N–H and O–H groups in total. The lowest BCUT2D eigenvalue weighted by atomic mass is 10.1. The van der Waals surface area contributed by atoms with Crippen molar-refractivity contribution in [1.82, 2.24) is 14.7 Å². The molecule has 6 nitrogen and oxygen atoms in total. The van der Waals surface area contributed by atoms with E-state index in [-0.39, 0.29) is 11.9 Å². The number of benzene rings is 2. The predicted molar refractivity (Wildman–Crippen MR) is 127 cm³/mol. The molecule has 0 aliphatic carbocycles. The van der Waals surface area contributed by atoms with Gasteiger partial charge in [0.1, 0.15) is 11.6 Å². The van der Waals surface area contributed by atoms with Gasteiger partial charge in [-0.25, -0.2) is 9.07 Å². The SMILES string of the molecule is CCOC[C@H](O)CN(Cc1c(C)nn(-c2ccccc2)c1Oc1ccc(F)cc1)[C@H](C)CC. The standard InChI is InChI=1S/C26H34FN3O3/c1-5-19(3)29(16-23(31)18-32-6-2)17-25-20(4)28-30(22-10-8-7-9-11-22)26(25)33-24-14-12-21(27)13-15-24/h7-15,19,23,31H,5-6,16-18H2,1-4H3/t19-,23-/m1/s1. The molecule has 0 aliphatic rings. The van der Waals surface area contributed by atoms with Crippen LogP contribution in [0.25, 0.3) is 5.69 Å². The van der Waals surface area contributed by atoms with E-state index in [0.29, 0.717) is 37.9 Å². The van der Waals surface area contributed by atoms with Gasteiger partial charge in [-0.3, -0.25) is 4.90 Å².